The normalized spacial score (nSPS) is 13.8. The molecule has 1 atom stereocenters. The zero-order chi connectivity index (χ0) is 12.7. The number of anilines is 1. The van der Waals surface area contributed by atoms with E-state index in [4.69, 9.17) is 0 Å². The fourth-order valence-corrected chi connectivity index (χ4v) is 1.83. The van der Waals surface area contributed by atoms with Crippen molar-refractivity contribution in [3.63, 3.8) is 0 Å². The SMILES string of the molecule is CCCCCC(C)(C#N)Nc1ccc(C)cc1. The van der Waals surface area contributed by atoms with Crippen molar-refractivity contribution in [2.75, 3.05) is 5.32 Å². The van der Waals surface area contributed by atoms with E-state index in [2.05, 4.69) is 37.4 Å². The van der Waals surface area contributed by atoms with Crippen molar-refractivity contribution in [3.05, 3.63) is 29.8 Å². The minimum atomic E-state index is -0.454. The van der Waals surface area contributed by atoms with E-state index in [1.165, 1.54) is 18.4 Å². The zero-order valence-electron chi connectivity index (χ0n) is 11.1. The van der Waals surface area contributed by atoms with E-state index in [9.17, 15) is 5.26 Å². The lowest BCUT2D eigenvalue weighted by Crippen LogP contribution is -2.32. The molecule has 0 fully saturated rings. The second-order valence-electron chi connectivity index (χ2n) is 4.89. The van der Waals surface area contributed by atoms with Crippen molar-refractivity contribution in [2.24, 2.45) is 0 Å². The molecule has 0 radical (unpaired) electrons. The fraction of sp³-hybridized carbons (Fsp3) is 0.533. The third-order valence-electron chi connectivity index (χ3n) is 3.00. The molecule has 0 spiro atoms. The lowest BCUT2D eigenvalue weighted by atomic mass is 9.95. The van der Waals surface area contributed by atoms with E-state index >= 15 is 0 Å². The Kier molecular flexibility index (Phi) is 5.03. The van der Waals surface area contributed by atoms with E-state index in [0.717, 1.165) is 18.5 Å². The number of unbranched alkanes of at least 4 members (excludes halogenated alkanes) is 2. The molecule has 1 N–H and O–H groups in total. The Morgan fingerprint density at radius 1 is 1.24 bits per heavy atom. The molecule has 0 heterocycles. The Labute approximate surface area is 105 Å². The molecule has 2 nitrogen and oxygen atoms in total. The summed E-state index contributed by atoms with van der Waals surface area (Å²) >= 11 is 0. The first-order valence-corrected chi connectivity index (χ1v) is 6.36. The topological polar surface area (TPSA) is 35.8 Å². The van der Waals surface area contributed by atoms with Crippen LogP contribution in [-0.2, 0) is 0 Å². The predicted molar refractivity (Wildman–Crippen MR) is 73.0 cm³/mol. The Bertz CT molecular complexity index is 375. The molecule has 1 aromatic rings. The smallest absolute Gasteiger partial charge is 0.122 e. The summed E-state index contributed by atoms with van der Waals surface area (Å²) in [5.74, 6) is 0. The molecule has 0 aromatic heterocycles. The molecule has 0 saturated carbocycles. The minimum absolute atomic E-state index is 0.454. The Hall–Kier alpha value is -1.49. The van der Waals surface area contributed by atoms with Crippen molar-refractivity contribution < 1.29 is 0 Å². The molecule has 0 amide bonds. The van der Waals surface area contributed by atoms with Crippen LogP contribution in [0.15, 0.2) is 24.3 Å². The maximum atomic E-state index is 9.29. The van der Waals surface area contributed by atoms with E-state index in [0.29, 0.717) is 0 Å². The molecule has 0 aliphatic carbocycles. The highest BCUT2D eigenvalue weighted by atomic mass is 15.0. The van der Waals surface area contributed by atoms with Gasteiger partial charge in [0.05, 0.1) is 6.07 Å². The molecule has 92 valence electrons. The Morgan fingerprint density at radius 3 is 2.41 bits per heavy atom. The highest BCUT2D eigenvalue weighted by Crippen LogP contribution is 2.21. The molecule has 0 aliphatic heterocycles. The average molecular weight is 230 g/mol. The van der Waals surface area contributed by atoms with Crippen LogP contribution in [0.5, 0.6) is 0 Å². The molecule has 17 heavy (non-hydrogen) atoms. The highest BCUT2D eigenvalue weighted by Gasteiger charge is 2.22. The van der Waals surface area contributed by atoms with Gasteiger partial charge in [-0.2, -0.15) is 5.26 Å². The van der Waals surface area contributed by atoms with Gasteiger partial charge in [-0.1, -0.05) is 43.9 Å². The molecule has 2 heteroatoms. The third kappa shape index (κ3) is 4.48. The maximum Gasteiger partial charge on any atom is 0.122 e. The van der Waals surface area contributed by atoms with Crippen molar-refractivity contribution in [3.8, 4) is 6.07 Å². The molecular weight excluding hydrogens is 208 g/mol. The summed E-state index contributed by atoms with van der Waals surface area (Å²) in [4.78, 5) is 0. The molecular formula is C15H22N2. The molecule has 1 aromatic carbocycles. The largest absolute Gasteiger partial charge is 0.368 e. The number of aryl methyl sites for hydroxylation is 1. The number of hydrogen-bond acceptors (Lipinski definition) is 2. The summed E-state index contributed by atoms with van der Waals surface area (Å²) in [7, 11) is 0. The van der Waals surface area contributed by atoms with Gasteiger partial charge in [0.15, 0.2) is 0 Å². The van der Waals surface area contributed by atoms with E-state index < -0.39 is 5.54 Å². The van der Waals surface area contributed by atoms with Gasteiger partial charge in [-0.15, -0.1) is 0 Å². The van der Waals surface area contributed by atoms with Crippen LogP contribution in [0.1, 0.15) is 45.1 Å². The number of nitrogens with zero attached hydrogens (tertiary/aromatic N) is 1. The standard InChI is InChI=1S/C15H22N2/c1-4-5-6-11-15(3,12-16)17-14-9-7-13(2)8-10-14/h7-10,17H,4-6,11H2,1-3H3. The first kappa shape index (κ1) is 13.6. The van der Waals surface area contributed by atoms with Gasteiger partial charge in [-0.3, -0.25) is 0 Å². The lowest BCUT2D eigenvalue weighted by Gasteiger charge is -2.24. The number of benzene rings is 1. The van der Waals surface area contributed by atoms with Crippen LogP contribution < -0.4 is 5.32 Å². The van der Waals surface area contributed by atoms with E-state index in [1.807, 2.05) is 19.1 Å². The summed E-state index contributed by atoms with van der Waals surface area (Å²) in [5.41, 5.74) is 1.81. The lowest BCUT2D eigenvalue weighted by molar-refractivity contribution is 0.538. The van der Waals surface area contributed by atoms with Crippen LogP contribution in [0.2, 0.25) is 0 Å². The molecule has 1 unspecified atom stereocenters. The summed E-state index contributed by atoms with van der Waals surface area (Å²) in [6.07, 6.45) is 4.36. The quantitative estimate of drug-likeness (QED) is 0.741. The van der Waals surface area contributed by atoms with Gasteiger partial charge >= 0.3 is 0 Å². The Balaban J connectivity index is 2.62. The van der Waals surface area contributed by atoms with Crippen LogP contribution in [0.25, 0.3) is 0 Å². The summed E-state index contributed by atoms with van der Waals surface area (Å²) in [6, 6.07) is 10.6. The van der Waals surface area contributed by atoms with Gasteiger partial charge in [-0.25, -0.2) is 0 Å². The monoisotopic (exact) mass is 230 g/mol. The Morgan fingerprint density at radius 2 is 1.88 bits per heavy atom. The van der Waals surface area contributed by atoms with Crippen LogP contribution in [0.4, 0.5) is 5.69 Å². The van der Waals surface area contributed by atoms with Crippen molar-refractivity contribution in [1.29, 1.82) is 5.26 Å². The van der Waals surface area contributed by atoms with Gasteiger partial charge in [0.25, 0.3) is 0 Å². The zero-order valence-corrected chi connectivity index (χ0v) is 11.1. The second kappa shape index (κ2) is 6.30. The van der Waals surface area contributed by atoms with E-state index in [1.54, 1.807) is 0 Å². The van der Waals surface area contributed by atoms with Gasteiger partial charge in [0.2, 0.25) is 0 Å². The van der Waals surface area contributed by atoms with E-state index in [-0.39, 0.29) is 0 Å². The molecule has 0 saturated heterocycles. The van der Waals surface area contributed by atoms with Crippen LogP contribution in [0.3, 0.4) is 0 Å². The first-order valence-electron chi connectivity index (χ1n) is 6.36. The summed E-state index contributed by atoms with van der Waals surface area (Å²) in [6.45, 7) is 6.22. The summed E-state index contributed by atoms with van der Waals surface area (Å²) in [5, 5.41) is 12.6. The maximum absolute atomic E-state index is 9.29. The fourth-order valence-electron chi connectivity index (χ4n) is 1.83. The van der Waals surface area contributed by atoms with Crippen molar-refractivity contribution >= 4 is 5.69 Å². The molecule has 0 aliphatic rings. The third-order valence-corrected chi connectivity index (χ3v) is 3.00. The number of nitriles is 1. The van der Waals surface area contributed by atoms with Gasteiger partial charge < -0.3 is 5.32 Å². The molecule has 1 rings (SSSR count). The number of rotatable bonds is 6. The van der Waals surface area contributed by atoms with Crippen LogP contribution >= 0.6 is 0 Å². The first-order chi connectivity index (χ1) is 8.09. The van der Waals surface area contributed by atoms with Crippen molar-refractivity contribution in [2.45, 2.75) is 52.0 Å². The summed E-state index contributed by atoms with van der Waals surface area (Å²) < 4.78 is 0. The van der Waals surface area contributed by atoms with Gasteiger partial charge in [0.1, 0.15) is 5.54 Å². The second-order valence-corrected chi connectivity index (χ2v) is 4.89. The van der Waals surface area contributed by atoms with Gasteiger partial charge in [0, 0.05) is 5.69 Å². The average Bonchev–Trinajstić information content (AvgIpc) is 2.33. The highest BCUT2D eigenvalue weighted by molar-refractivity contribution is 5.48. The number of nitrogens with one attached hydrogen (secondary N) is 1. The predicted octanol–water partition coefficient (Wildman–Crippen LogP) is 4.27. The minimum Gasteiger partial charge on any atom is -0.368 e. The van der Waals surface area contributed by atoms with Crippen LogP contribution in [0, 0.1) is 18.3 Å². The molecule has 0 bridgehead atoms. The number of hydrogen-bond donors (Lipinski definition) is 1. The van der Waals surface area contributed by atoms with Crippen molar-refractivity contribution in [1.82, 2.24) is 0 Å². The van der Waals surface area contributed by atoms with Gasteiger partial charge in [-0.05, 0) is 32.4 Å². The van der Waals surface area contributed by atoms with Crippen LogP contribution in [-0.4, -0.2) is 5.54 Å².